The topological polar surface area (TPSA) is 108 Å². The molecule has 3 rings (SSSR count). The van der Waals surface area contributed by atoms with Crippen LogP contribution in [0.3, 0.4) is 0 Å². The zero-order valence-corrected chi connectivity index (χ0v) is 16.0. The van der Waals surface area contributed by atoms with Crippen LogP contribution >= 0.6 is 15.9 Å². The standard InChI is InChI=1S/C18H15BrN2O7/c19-13-3-1-12(2-4-13)9-20-10-16(27-17(20)22)11-26-18(23)28-15-7-5-14(6-8-15)21(24)25/h1-8,16H,9-11H2. The summed E-state index contributed by atoms with van der Waals surface area (Å²) >= 11 is 3.35. The van der Waals surface area contributed by atoms with Crippen molar-refractivity contribution in [1.29, 1.82) is 0 Å². The summed E-state index contributed by atoms with van der Waals surface area (Å²) in [5, 5.41) is 10.6. The zero-order chi connectivity index (χ0) is 20.1. The van der Waals surface area contributed by atoms with Gasteiger partial charge in [0.15, 0.2) is 6.10 Å². The van der Waals surface area contributed by atoms with E-state index in [1.165, 1.54) is 29.2 Å². The van der Waals surface area contributed by atoms with E-state index in [-0.39, 0.29) is 24.6 Å². The molecule has 0 spiro atoms. The number of cyclic esters (lactones) is 1. The van der Waals surface area contributed by atoms with Gasteiger partial charge in [0.2, 0.25) is 0 Å². The predicted octanol–water partition coefficient (Wildman–Crippen LogP) is 3.89. The monoisotopic (exact) mass is 450 g/mol. The first kappa shape index (κ1) is 19.6. The van der Waals surface area contributed by atoms with Gasteiger partial charge in [0, 0.05) is 23.2 Å². The number of nitrogens with zero attached hydrogens (tertiary/aromatic N) is 2. The van der Waals surface area contributed by atoms with Crippen LogP contribution in [-0.4, -0.2) is 41.3 Å². The van der Waals surface area contributed by atoms with Crippen LogP contribution < -0.4 is 4.74 Å². The van der Waals surface area contributed by atoms with Crippen LogP contribution in [0.25, 0.3) is 0 Å². The smallest absolute Gasteiger partial charge is 0.441 e. The first-order valence-electron chi connectivity index (χ1n) is 8.20. The summed E-state index contributed by atoms with van der Waals surface area (Å²) in [4.78, 5) is 35.2. The number of carbonyl (C=O) groups is 2. The van der Waals surface area contributed by atoms with Crippen molar-refractivity contribution in [2.45, 2.75) is 12.6 Å². The van der Waals surface area contributed by atoms with E-state index in [0.29, 0.717) is 6.54 Å². The Kier molecular flexibility index (Phi) is 6.09. The third-order valence-electron chi connectivity index (χ3n) is 3.87. The molecule has 1 unspecified atom stereocenters. The maximum atomic E-state index is 11.9. The molecule has 2 aromatic rings. The lowest BCUT2D eigenvalue weighted by atomic mass is 10.2. The average Bonchev–Trinajstić information content (AvgIpc) is 3.02. The van der Waals surface area contributed by atoms with Crippen LogP contribution in [0.1, 0.15) is 5.56 Å². The lowest BCUT2D eigenvalue weighted by Crippen LogP contribution is -2.27. The summed E-state index contributed by atoms with van der Waals surface area (Å²) in [5.41, 5.74) is 0.823. The lowest BCUT2D eigenvalue weighted by molar-refractivity contribution is -0.384. The van der Waals surface area contributed by atoms with Gasteiger partial charge in [-0.25, -0.2) is 9.59 Å². The number of hydrogen-bond donors (Lipinski definition) is 0. The number of non-ortho nitro benzene ring substituents is 1. The van der Waals surface area contributed by atoms with Crippen molar-refractivity contribution in [3.05, 3.63) is 68.7 Å². The second-order valence-electron chi connectivity index (χ2n) is 5.93. The minimum atomic E-state index is -0.990. The van der Waals surface area contributed by atoms with E-state index >= 15 is 0 Å². The van der Waals surface area contributed by atoms with Crippen LogP contribution in [-0.2, 0) is 16.0 Å². The third kappa shape index (κ3) is 5.19. The number of hydrogen-bond acceptors (Lipinski definition) is 7. The summed E-state index contributed by atoms with van der Waals surface area (Å²) in [6, 6.07) is 12.5. The van der Waals surface area contributed by atoms with Crippen molar-refractivity contribution in [3.8, 4) is 5.75 Å². The van der Waals surface area contributed by atoms with Gasteiger partial charge in [0.25, 0.3) is 5.69 Å². The summed E-state index contributed by atoms with van der Waals surface area (Å²) in [7, 11) is 0. The molecule has 1 saturated heterocycles. The average molecular weight is 451 g/mol. The molecule has 1 amide bonds. The number of amides is 1. The normalized spacial score (nSPS) is 15.8. The maximum absolute atomic E-state index is 11.9. The predicted molar refractivity (Wildman–Crippen MR) is 99.9 cm³/mol. The van der Waals surface area contributed by atoms with E-state index in [9.17, 15) is 19.7 Å². The number of ether oxygens (including phenoxy) is 3. The third-order valence-corrected chi connectivity index (χ3v) is 4.40. The zero-order valence-electron chi connectivity index (χ0n) is 14.4. The highest BCUT2D eigenvalue weighted by Gasteiger charge is 2.32. The Morgan fingerprint density at radius 3 is 2.54 bits per heavy atom. The molecule has 1 atom stereocenters. The molecule has 0 bridgehead atoms. The van der Waals surface area contributed by atoms with Crippen molar-refractivity contribution in [1.82, 2.24) is 4.90 Å². The molecule has 28 heavy (non-hydrogen) atoms. The largest absolute Gasteiger partial charge is 0.513 e. The lowest BCUT2D eigenvalue weighted by Gasteiger charge is -2.13. The molecule has 0 radical (unpaired) electrons. The number of rotatable bonds is 6. The molecule has 1 aliphatic rings. The molecule has 146 valence electrons. The highest BCUT2D eigenvalue weighted by Crippen LogP contribution is 2.19. The molecule has 0 aromatic heterocycles. The van der Waals surface area contributed by atoms with Crippen LogP contribution in [0, 0.1) is 10.1 Å². The Morgan fingerprint density at radius 1 is 1.21 bits per heavy atom. The first-order chi connectivity index (χ1) is 13.4. The van der Waals surface area contributed by atoms with Gasteiger partial charge in [-0.05, 0) is 29.8 Å². The molecule has 1 aliphatic heterocycles. The maximum Gasteiger partial charge on any atom is 0.513 e. The van der Waals surface area contributed by atoms with Crippen LogP contribution in [0.4, 0.5) is 15.3 Å². The Bertz CT molecular complexity index is 871. The van der Waals surface area contributed by atoms with E-state index in [1.54, 1.807) is 0 Å². The number of nitro groups is 1. The molecule has 10 heteroatoms. The Balaban J connectivity index is 1.45. The molecule has 0 aliphatic carbocycles. The second kappa shape index (κ2) is 8.70. The van der Waals surface area contributed by atoms with Gasteiger partial charge in [-0.3, -0.25) is 10.1 Å². The van der Waals surface area contributed by atoms with E-state index in [2.05, 4.69) is 15.9 Å². The molecule has 1 fully saturated rings. The summed E-state index contributed by atoms with van der Waals surface area (Å²) in [6.45, 7) is 0.504. The Morgan fingerprint density at radius 2 is 1.89 bits per heavy atom. The van der Waals surface area contributed by atoms with Crippen molar-refractivity contribution in [3.63, 3.8) is 0 Å². The molecule has 0 saturated carbocycles. The second-order valence-corrected chi connectivity index (χ2v) is 6.84. The molecular weight excluding hydrogens is 436 g/mol. The van der Waals surface area contributed by atoms with Gasteiger partial charge in [-0.2, -0.15) is 0 Å². The van der Waals surface area contributed by atoms with Crippen molar-refractivity contribution >= 4 is 33.9 Å². The number of nitro benzene ring substituents is 1. The van der Waals surface area contributed by atoms with Gasteiger partial charge in [-0.15, -0.1) is 0 Å². The molecular formula is C18H15BrN2O7. The minimum absolute atomic E-state index is 0.107. The SMILES string of the molecule is O=C(OCC1CN(Cc2ccc(Br)cc2)C(=O)O1)Oc1ccc([N+](=O)[O-])cc1. The van der Waals surface area contributed by atoms with Gasteiger partial charge >= 0.3 is 12.2 Å². The van der Waals surface area contributed by atoms with E-state index in [4.69, 9.17) is 14.2 Å². The number of carbonyl (C=O) groups excluding carboxylic acids is 2. The minimum Gasteiger partial charge on any atom is -0.441 e. The Labute approximate surface area is 168 Å². The summed E-state index contributed by atoms with van der Waals surface area (Å²) in [6.07, 6.45) is -2.08. The van der Waals surface area contributed by atoms with Crippen LogP contribution in [0.5, 0.6) is 5.75 Å². The summed E-state index contributed by atoms with van der Waals surface area (Å²) in [5.74, 6) is 0.107. The number of halogens is 1. The molecule has 0 N–H and O–H groups in total. The van der Waals surface area contributed by atoms with Crippen LogP contribution in [0.2, 0.25) is 0 Å². The fourth-order valence-corrected chi connectivity index (χ4v) is 2.79. The van der Waals surface area contributed by atoms with Crippen molar-refractivity contribution in [2.24, 2.45) is 0 Å². The van der Waals surface area contributed by atoms with Crippen molar-refractivity contribution in [2.75, 3.05) is 13.2 Å². The molecule has 2 aromatic carbocycles. The highest BCUT2D eigenvalue weighted by molar-refractivity contribution is 9.10. The van der Waals surface area contributed by atoms with E-state index in [1.807, 2.05) is 24.3 Å². The fourth-order valence-electron chi connectivity index (χ4n) is 2.52. The van der Waals surface area contributed by atoms with Gasteiger partial charge < -0.3 is 19.1 Å². The summed E-state index contributed by atoms with van der Waals surface area (Å²) < 4.78 is 16.0. The van der Waals surface area contributed by atoms with E-state index < -0.39 is 23.3 Å². The first-order valence-corrected chi connectivity index (χ1v) is 8.99. The molecule has 1 heterocycles. The molecule has 9 nitrogen and oxygen atoms in total. The number of benzene rings is 2. The van der Waals surface area contributed by atoms with Crippen molar-refractivity contribution < 1.29 is 28.7 Å². The Hall–Kier alpha value is -3.14. The fraction of sp³-hybridized carbons (Fsp3) is 0.222. The van der Waals surface area contributed by atoms with Crippen LogP contribution in [0.15, 0.2) is 53.0 Å². The van der Waals surface area contributed by atoms with E-state index in [0.717, 1.165) is 10.0 Å². The van der Waals surface area contributed by atoms with Gasteiger partial charge in [0.1, 0.15) is 12.4 Å². The van der Waals surface area contributed by atoms with Gasteiger partial charge in [0.05, 0.1) is 11.5 Å². The van der Waals surface area contributed by atoms with Gasteiger partial charge in [-0.1, -0.05) is 28.1 Å². The quantitative estimate of drug-likeness (QED) is 0.284. The highest BCUT2D eigenvalue weighted by atomic mass is 79.9.